The predicted molar refractivity (Wildman–Crippen MR) is 177 cm³/mol. The summed E-state index contributed by atoms with van der Waals surface area (Å²) >= 11 is 0. The third kappa shape index (κ3) is 7.51. The first-order chi connectivity index (χ1) is 23.2. The summed E-state index contributed by atoms with van der Waals surface area (Å²) in [6.45, 7) is 4.30. The van der Waals surface area contributed by atoms with Crippen molar-refractivity contribution in [2.75, 3.05) is 47.6 Å². The average Bonchev–Trinajstić information content (AvgIpc) is 3.52. The molecule has 0 spiro atoms. The first kappa shape index (κ1) is 33.8. The Morgan fingerprint density at radius 3 is 2.38 bits per heavy atom. The number of nitrogens with one attached hydrogen (secondary N) is 2. The first-order valence-corrected chi connectivity index (χ1v) is 15.6. The number of carbonyl (C=O) groups is 3. The second-order valence-corrected chi connectivity index (χ2v) is 11.4. The Labute approximate surface area is 279 Å². The van der Waals surface area contributed by atoms with Crippen molar-refractivity contribution in [1.29, 1.82) is 0 Å². The van der Waals surface area contributed by atoms with Gasteiger partial charge in [-0.25, -0.2) is 9.67 Å². The van der Waals surface area contributed by atoms with Gasteiger partial charge in [-0.15, -0.1) is 0 Å². The predicted octanol–water partition coefficient (Wildman–Crippen LogP) is 3.75. The monoisotopic (exact) mass is 656 g/mol. The second-order valence-electron chi connectivity index (χ2n) is 11.4. The van der Waals surface area contributed by atoms with E-state index in [1.165, 1.54) is 26.2 Å². The molecule has 0 saturated heterocycles. The van der Waals surface area contributed by atoms with Gasteiger partial charge in [-0.2, -0.15) is 5.10 Å². The summed E-state index contributed by atoms with van der Waals surface area (Å²) in [6, 6.07) is 19.0. The fourth-order valence-corrected chi connectivity index (χ4v) is 5.46. The molecule has 0 fully saturated rings. The molecule has 0 saturated carbocycles. The lowest BCUT2D eigenvalue weighted by Gasteiger charge is -2.27. The lowest BCUT2D eigenvalue weighted by Crippen LogP contribution is -2.46. The van der Waals surface area contributed by atoms with E-state index in [1.54, 1.807) is 41.1 Å². The Kier molecular flexibility index (Phi) is 10.8. The summed E-state index contributed by atoms with van der Waals surface area (Å²) in [5.41, 5.74) is 1.38. The zero-order valence-electron chi connectivity index (χ0n) is 27.7. The van der Waals surface area contributed by atoms with Gasteiger partial charge >= 0.3 is 0 Å². The highest BCUT2D eigenvalue weighted by Crippen LogP contribution is 2.40. The van der Waals surface area contributed by atoms with Crippen molar-refractivity contribution >= 4 is 17.7 Å². The van der Waals surface area contributed by atoms with Crippen molar-refractivity contribution in [3.63, 3.8) is 0 Å². The molecule has 48 heavy (non-hydrogen) atoms. The number of aromatic nitrogens is 3. The van der Waals surface area contributed by atoms with E-state index in [1.807, 2.05) is 44.2 Å². The van der Waals surface area contributed by atoms with E-state index in [4.69, 9.17) is 29.0 Å². The standard InChI is InChI=1S/C35H40N6O7/c1-22(2)29-33-38-32(23-10-7-6-8-11-23)39-41(33)18-19-48-25-13-9-12-24(20-25)34(43)36-16-17-40(21-28(42)37-29)35(44)26-14-15-27(45-3)31(47-5)30(26)46-4/h6-15,20,22,29H,16-19,21H2,1-5H3,(H,36,43)(H,37,42)/t29-/m0/s1. The minimum absolute atomic E-state index is 0.0202. The van der Waals surface area contributed by atoms with Gasteiger partial charge in [-0.3, -0.25) is 14.4 Å². The number of hydrogen-bond donors (Lipinski definition) is 2. The molecular weight excluding hydrogens is 616 g/mol. The summed E-state index contributed by atoms with van der Waals surface area (Å²) in [5, 5.41) is 10.7. The number of methoxy groups -OCH3 is 3. The smallest absolute Gasteiger partial charge is 0.258 e. The Balaban J connectivity index is 1.53. The zero-order valence-corrected chi connectivity index (χ0v) is 27.7. The molecule has 1 aliphatic heterocycles. The van der Waals surface area contributed by atoms with Crippen LogP contribution in [0.25, 0.3) is 11.4 Å². The third-order valence-corrected chi connectivity index (χ3v) is 7.89. The van der Waals surface area contributed by atoms with Gasteiger partial charge in [0.05, 0.1) is 46.0 Å². The average molecular weight is 657 g/mol. The van der Waals surface area contributed by atoms with Crippen molar-refractivity contribution < 1.29 is 33.3 Å². The van der Waals surface area contributed by atoms with Crippen molar-refractivity contribution in [3.05, 3.63) is 83.7 Å². The summed E-state index contributed by atoms with van der Waals surface area (Å²) in [4.78, 5) is 47.2. The largest absolute Gasteiger partial charge is 0.493 e. The van der Waals surface area contributed by atoms with Crippen LogP contribution in [-0.2, 0) is 11.3 Å². The minimum atomic E-state index is -0.547. The maximum atomic E-state index is 14.1. The molecule has 0 unspecified atom stereocenters. The van der Waals surface area contributed by atoms with Crippen LogP contribution in [0.2, 0.25) is 0 Å². The molecule has 2 N–H and O–H groups in total. The topological polar surface area (TPSA) is 146 Å². The maximum absolute atomic E-state index is 14.1. The molecule has 1 aliphatic rings. The second kappa shape index (κ2) is 15.3. The van der Waals surface area contributed by atoms with E-state index in [-0.39, 0.29) is 55.1 Å². The van der Waals surface area contributed by atoms with Gasteiger partial charge in [0.15, 0.2) is 23.1 Å². The summed E-state index contributed by atoms with van der Waals surface area (Å²) < 4.78 is 24.2. The summed E-state index contributed by atoms with van der Waals surface area (Å²) in [5.74, 6) is 0.999. The number of hydrogen-bond acceptors (Lipinski definition) is 9. The molecular formula is C35H40N6O7. The van der Waals surface area contributed by atoms with Crippen molar-refractivity contribution in [1.82, 2.24) is 30.3 Å². The minimum Gasteiger partial charge on any atom is -0.493 e. The van der Waals surface area contributed by atoms with Gasteiger partial charge in [-0.05, 0) is 36.2 Å². The van der Waals surface area contributed by atoms with Crippen LogP contribution in [0.4, 0.5) is 0 Å². The van der Waals surface area contributed by atoms with Crippen LogP contribution in [0.1, 0.15) is 46.4 Å². The van der Waals surface area contributed by atoms with Gasteiger partial charge in [0.2, 0.25) is 11.7 Å². The summed E-state index contributed by atoms with van der Waals surface area (Å²) in [6.07, 6.45) is 0. The molecule has 0 radical (unpaired) electrons. The number of rotatable bonds is 6. The molecule has 1 aromatic heterocycles. The Bertz CT molecular complexity index is 1760. The van der Waals surface area contributed by atoms with Gasteiger partial charge < -0.3 is 34.5 Å². The lowest BCUT2D eigenvalue weighted by atomic mass is 10.0. The quantitative estimate of drug-likeness (QED) is 0.317. The molecule has 2 heterocycles. The fraction of sp³-hybridized carbons (Fsp3) is 0.343. The van der Waals surface area contributed by atoms with E-state index < -0.39 is 17.9 Å². The van der Waals surface area contributed by atoms with Gasteiger partial charge in [0.25, 0.3) is 11.8 Å². The van der Waals surface area contributed by atoms with Gasteiger partial charge in [0, 0.05) is 24.2 Å². The molecule has 252 valence electrons. The molecule has 4 aromatic rings. The lowest BCUT2D eigenvalue weighted by molar-refractivity contribution is -0.123. The Morgan fingerprint density at radius 1 is 0.917 bits per heavy atom. The maximum Gasteiger partial charge on any atom is 0.258 e. The number of carbonyl (C=O) groups excluding carboxylic acids is 3. The van der Waals surface area contributed by atoms with Crippen molar-refractivity contribution in [2.24, 2.45) is 5.92 Å². The van der Waals surface area contributed by atoms with E-state index in [0.717, 1.165) is 5.56 Å². The Hall–Kier alpha value is -5.59. The number of fused-ring (bicyclic) bond motifs is 3. The van der Waals surface area contributed by atoms with Crippen LogP contribution in [0, 0.1) is 5.92 Å². The molecule has 2 bridgehead atoms. The van der Waals surface area contributed by atoms with E-state index in [2.05, 4.69) is 10.6 Å². The van der Waals surface area contributed by atoms with Crippen LogP contribution in [0.15, 0.2) is 66.7 Å². The van der Waals surface area contributed by atoms with Crippen LogP contribution in [-0.4, -0.2) is 85.0 Å². The van der Waals surface area contributed by atoms with Gasteiger partial charge in [-0.1, -0.05) is 50.2 Å². The van der Waals surface area contributed by atoms with Crippen molar-refractivity contribution in [2.45, 2.75) is 26.4 Å². The molecule has 3 aromatic carbocycles. The number of amides is 3. The zero-order chi connectivity index (χ0) is 34.2. The van der Waals surface area contributed by atoms with E-state index in [9.17, 15) is 14.4 Å². The van der Waals surface area contributed by atoms with Crippen LogP contribution in [0.3, 0.4) is 0 Å². The molecule has 3 amide bonds. The van der Waals surface area contributed by atoms with E-state index in [0.29, 0.717) is 35.3 Å². The molecule has 1 atom stereocenters. The summed E-state index contributed by atoms with van der Waals surface area (Å²) in [7, 11) is 4.35. The molecule has 13 heteroatoms. The number of nitrogens with zero attached hydrogens (tertiary/aromatic N) is 4. The van der Waals surface area contributed by atoms with Crippen molar-refractivity contribution in [3.8, 4) is 34.4 Å². The molecule has 5 rings (SSSR count). The number of ether oxygens (including phenoxy) is 4. The SMILES string of the molecule is COc1ccc(C(=O)N2CCNC(=O)c3cccc(c3)OCCn3nc(-c4ccccc4)nc3[C@H](C(C)C)NC(=O)C2)c(OC)c1OC. The molecule has 0 aliphatic carbocycles. The third-order valence-electron chi connectivity index (χ3n) is 7.89. The van der Waals surface area contributed by atoms with Crippen LogP contribution < -0.4 is 29.6 Å². The fourth-order valence-electron chi connectivity index (χ4n) is 5.46. The normalized spacial score (nSPS) is 15.8. The van der Waals surface area contributed by atoms with Crippen LogP contribution in [0.5, 0.6) is 23.0 Å². The highest BCUT2D eigenvalue weighted by atomic mass is 16.5. The van der Waals surface area contributed by atoms with E-state index >= 15 is 0 Å². The molecule has 13 nitrogen and oxygen atoms in total. The van der Waals surface area contributed by atoms with Crippen LogP contribution >= 0.6 is 0 Å². The highest BCUT2D eigenvalue weighted by molar-refractivity contribution is 6.00. The highest BCUT2D eigenvalue weighted by Gasteiger charge is 2.30. The first-order valence-electron chi connectivity index (χ1n) is 15.6. The van der Waals surface area contributed by atoms with Gasteiger partial charge in [0.1, 0.15) is 12.4 Å². The Morgan fingerprint density at radius 2 is 1.67 bits per heavy atom. The number of benzene rings is 3.